The molecule has 1 amide bonds. The molecule has 8 nitrogen and oxygen atoms in total. The van der Waals surface area contributed by atoms with Crippen molar-refractivity contribution in [3.8, 4) is 5.75 Å². The Kier molecular flexibility index (Phi) is 7.06. The van der Waals surface area contributed by atoms with Gasteiger partial charge in [-0.2, -0.15) is 0 Å². The zero-order valence-corrected chi connectivity index (χ0v) is 22.8. The Bertz CT molecular complexity index is 1460. The maximum Gasteiger partial charge on any atom is 0.267 e. The van der Waals surface area contributed by atoms with Crippen LogP contribution in [-0.2, 0) is 16.1 Å². The zero-order chi connectivity index (χ0) is 26.3. The summed E-state index contributed by atoms with van der Waals surface area (Å²) in [5.41, 5.74) is 2.56. The van der Waals surface area contributed by atoms with E-state index in [1.807, 2.05) is 57.2 Å². The van der Waals surface area contributed by atoms with E-state index in [2.05, 4.69) is 4.90 Å². The van der Waals surface area contributed by atoms with Gasteiger partial charge in [0, 0.05) is 19.3 Å². The number of nitrogens with zero attached hydrogens (tertiary/aromatic N) is 4. The van der Waals surface area contributed by atoms with Crippen molar-refractivity contribution in [2.45, 2.75) is 39.5 Å². The Morgan fingerprint density at radius 3 is 2.54 bits per heavy atom. The van der Waals surface area contributed by atoms with E-state index in [4.69, 9.17) is 26.7 Å². The second kappa shape index (κ2) is 10.3. The van der Waals surface area contributed by atoms with Crippen molar-refractivity contribution in [2.24, 2.45) is 0 Å². The first-order valence-corrected chi connectivity index (χ1v) is 13.3. The Morgan fingerprint density at radius 2 is 1.86 bits per heavy atom. The third-order valence-electron chi connectivity index (χ3n) is 6.43. The van der Waals surface area contributed by atoms with Crippen LogP contribution in [0.15, 0.2) is 52.3 Å². The first-order valence-electron chi connectivity index (χ1n) is 12.1. The summed E-state index contributed by atoms with van der Waals surface area (Å²) in [7, 11) is 1.61. The molecule has 2 fully saturated rings. The first kappa shape index (κ1) is 25.4. The molecule has 0 aliphatic carbocycles. The van der Waals surface area contributed by atoms with Crippen molar-refractivity contribution in [2.75, 3.05) is 25.1 Å². The van der Waals surface area contributed by atoms with E-state index < -0.39 is 0 Å². The van der Waals surface area contributed by atoms with Crippen LogP contribution in [0.3, 0.4) is 0 Å². The van der Waals surface area contributed by atoms with Crippen LogP contribution < -0.4 is 15.2 Å². The SMILES string of the molecule is COc1ccc(CN2C(=O)C(=Cc3c(N4CC(C)OC(C)C4)nc4c(C)cccn4c3=O)SC2=S)cc1. The van der Waals surface area contributed by atoms with E-state index in [0.29, 0.717) is 45.9 Å². The Hall–Kier alpha value is -3.21. The van der Waals surface area contributed by atoms with Crippen LogP contribution in [0.4, 0.5) is 5.82 Å². The number of rotatable bonds is 5. The highest BCUT2D eigenvalue weighted by atomic mass is 32.2. The minimum Gasteiger partial charge on any atom is -0.497 e. The number of pyridine rings is 1. The number of amides is 1. The van der Waals surface area contributed by atoms with Crippen LogP contribution in [0.2, 0.25) is 0 Å². The highest BCUT2D eigenvalue weighted by Crippen LogP contribution is 2.35. The largest absolute Gasteiger partial charge is 0.497 e. The third kappa shape index (κ3) is 5.01. The average Bonchev–Trinajstić information content (AvgIpc) is 3.13. The van der Waals surface area contributed by atoms with E-state index in [-0.39, 0.29) is 23.7 Å². The molecule has 0 spiro atoms. The number of ether oxygens (including phenoxy) is 2. The van der Waals surface area contributed by atoms with Gasteiger partial charge in [0.15, 0.2) is 0 Å². The van der Waals surface area contributed by atoms with Gasteiger partial charge < -0.3 is 14.4 Å². The molecule has 0 radical (unpaired) electrons. The lowest BCUT2D eigenvalue weighted by atomic mass is 10.1. The summed E-state index contributed by atoms with van der Waals surface area (Å²) in [6.45, 7) is 7.47. The maximum atomic E-state index is 13.8. The van der Waals surface area contributed by atoms with Gasteiger partial charge in [-0.05, 0) is 56.2 Å². The summed E-state index contributed by atoms with van der Waals surface area (Å²) in [5, 5.41) is 0. The lowest BCUT2D eigenvalue weighted by Gasteiger charge is -2.36. The third-order valence-corrected chi connectivity index (χ3v) is 7.81. The van der Waals surface area contributed by atoms with Gasteiger partial charge in [-0.25, -0.2) is 4.98 Å². The predicted molar refractivity (Wildman–Crippen MR) is 150 cm³/mol. The summed E-state index contributed by atoms with van der Waals surface area (Å²) >= 11 is 6.75. The molecular weight excluding hydrogens is 508 g/mol. The monoisotopic (exact) mass is 536 g/mol. The van der Waals surface area contributed by atoms with Crippen LogP contribution in [0.1, 0.15) is 30.5 Å². The second-order valence-electron chi connectivity index (χ2n) is 9.32. The minimum absolute atomic E-state index is 0.0172. The fraction of sp³-hybridized carbons (Fsp3) is 0.333. The Morgan fingerprint density at radius 1 is 1.16 bits per heavy atom. The van der Waals surface area contributed by atoms with Gasteiger partial charge in [0.2, 0.25) is 0 Å². The van der Waals surface area contributed by atoms with Gasteiger partial charge in [-0.3, -0.25) is 18.9 Å². The number of hydrogen-bond donors (Lipinski definition) is 0. The van der Waals surface area contributed by atoms with Crippen LogP contribution in [0.25, 0.3) is 11.7 Å². The number of thiocarbonyl (C=S) groups is 1. The Balaban J connectivity index is 1.56. The number of thioether (sulfide) groups is 1. The number of aryl methyl sites for hydroxylation is 1. The van der Waals surface area contributed by atoms with Crippen molar-refractivity contribution in [1.82, 2.24) is 14.3 Å². The van der Waals surface area contributed by atoms with E-state index in [1.165, 1.54) is 16.2 Å². The second-order valence-corrected chi connectivity index (χ2v) is 11.0. The number of methoxy groups -OCH3 is 1. The van der Waals surface area contributed by atoms with Gasteiger partial charge in [-0.1, -0.05) is 42.2 Å². The number of anilines is 1. The summed E-state index contributed by atoms with van der Waals surface area (Å²) in [4.78, 5) is 36.2. The molecule has 2 unspecified atom stereocenters. The smallest absolute Gasteiger partial charge is 0.267 e. The van der Waals surface area contributed by atoms with Crippen molar-refractivity contribution >= 4 is 51.7 Å². The molecule has 0 saturated carbocycles. The molecule has 192 valence electrons. The molecule has 5 rings (SSSR count). The molecule has 3 aromatic rings. The molecule has 2 aliphatic heterocycles. The van der Waals surface area contributed by atoms with Crippen molar-refractivity contribution in [1.29, 1.82) is 0 Å². The number of benzene rings is 1. The first-order chi connectivity index (χ1) is 17.7. The van der Waals surface area contributed by atoms with Crippen LogP contribution in [0.5, 0.6) is 5.75 Å². The molecular formula is C27H28N4O4S2. The summed E-state index contributed by atoms with van der Waals surface area (Å²) in [6, 6.07) is 11.3. The number of carbonyl (C=O) groups is 1. The van der Waals surface area contributed by atoms with Gasteiger partial charge in [0.05, 0.1) is 36.3 Å². The number of aromatic nitrogens is 2. The summed E-state index contributed by atoms with van der Waals surface area (Å²) in [5.74, 6) is 1.07. The van der Waals surface area contributed by atoms with Gasteiger partial charge in [-0.15, -0.1) is 0 Å². The molecule has 0 bridgehead atoms. The number of morpholine rings is 1. The summed E-state index contributed by atoms with van der Waals surface area (Å²) in [6.07, 6.45) is 3.32. The zero-order valence-electron chi connectivity index (χ0n) is 21.1. The molecule has 2 aromatic heterocycles. The van der Waals surface area contributed by atoms with Gasteiger partial charge in [0.1, 0.15) is 21.5 Å². The van der Waals surface area contributed by atoms with Crippen molar-refractivity contribution in [3.63, 3.8) is 0 Å². The number of fused-ring (bicyclic) bond motifs is 1. The molecule has 4 heterocycles. The Labute approximate surface area is 224 Å². The van der Waals surface area contributed by atoms with Gasteiger partial charge >= 0.3 is 0 Å². The van der Waals surface area contributed by atoms with Crippen LogP contribution in [-0.4, -0.2) is 56.9 Å². The molecule has 37 heavy (non-hydrogen) atoms. The van der Waals surface area contributed by atoms with E-state index in [0.717, 1.165) is 16.9 Å². The van der Waals surface area contributed by atoms with Crippen molar-refractivity contribution < 1.29 is 14.3 Å². The molecule has 1 aromatic carbocycles. The molecule has 2 saturated heterocycles. The normalized spacial score (nSPS) is 21.4. The quantitative estimate of drug-likeness (QED) is 0.358. The number of carbonyl (C=O) groups excluding carboxylic acids is 1. The topological polar surface area (TPSA) is 76.4 Å². The van der Waals surface area contributed by atoms with Crippen LogP contribution >= 0.6 is 24.0 Å². The fourth-order valence-corrected chi connectivity index (χ4v) is 5.94. The fourth-order valence-electron chi connectivity index (χ4n) is 4.70. The average molecular weight is 537 g/mol. The van der Waals surface area contributed by atoms with Crippen LogP contribution in [0, 0.1) is 6.92 Å². The summed E-state index contributed by atoms with van der Waals surface area (Å²) < 4.78 is 13.1. The minimum atomic E-state index is -0.228. The van der Waals surface area contributed by atoms with E-state index in [9.17, 15) is 9.59 Å². The molecule has 2 atom stereocenters. The highest BCUT2D eigenvalue weighted by Gasteiger charge is 2.34. The van der Waals surface area contributed by atoms with E-state index >= 15 is 0 Å². The predicted octanol–water partition coefficient (Wildman–Crippen LogP) is 4.03. The van der Waals surface area contributed by atoms with Gasteiger partial charge in [0.25, 0.3) is 11.5 Å². The molecule has 0 N–H and O–H groups in total. The standard InChI is InChI=1S/C27H28N4O4S2/c1-16-6-5-11-30-23(16)28-24(29-13-17(2)35-18(3)14-29)21(25(30)32)12-22-26(33)31(27(36)37-22)15-19-7-9-20(34-4)10-8-19/h5-12,17-18H,13-15H2,1-4H3. The highest BCUT2D eigenvalue weighted by molar-refractivity contribution is 8.26. The maximum absolute atomic E-state index is 13.8. The molecule has 10 heteroatoms. The lowest BCUT2D eigenvalue weighted by molar-refractivity contribution is -0.122. The molecule has 2 aliphatic rings. The lowest BCUT2D eigenvalue weighted by Crippen LogP contribution is -2.46. The van der Waals surface area contributed by atoms with Crippen molar-refractivity contribution in [3.05, 3.63) is 74.5 Å². The number of hydrogen-bond acceptors (Lipinski definition) is 8. The van der Waals surface area contributed by atoms with E-state index in [1.54, 1.807) is 24.3 Å².